The highest BCUT2D eigenvalue weighted by molar-refractivity contribution is 5.88. The van der Waals surface area contributed by atoms with Crippen LogP contribution in [0.15, 0.2) is 36.4 Å². The number of rotatable bonds is 9. The standard InChI is InChI=1S/C20H28N4O3/c1-4-14(2)24-15(3)12-18(23-24)22-20(27)21-17(10-11-19(25)26)13-16-8-6-5-7-9-16/h5-9,12,14,17H,4,10-11,13H2,1-3H3,(H,25,26)(H2,21,22,23,27). The van der Waals surface area contributed by atoms with E-state index in [4.69, 9.17) is 5.11 Å². The molecule has 2 atom stereocenters. The molecule has 0 radical (unpaired) electrons. The lowest BCUT2D eigenvalue weighted by molar-refractivity contribution is -0.137. The van der Waals surface area contributed by atoms with E-state index < -0.39 is 5.97 Å². The summed E-state index contributed by atoms with van der Waals surface area (Å²) in [6.45, 7) is 6.11. The van der Waals surface area contributed by atoms with Crippen molar-refractivity contribution in [1.29, 1.82) is 0 Å². The summed E-state index contributed by atoms with van der Waals surface area (Å²) in [5.74, 6) is -0.389. The van der Waals surface area contributed by atoms with Gasteiger partial charge in [-0.1, -0.05) is 37.3 Å². The van der Waals surface area contributed by atoms with Gasteiger partial charge in [0, 0.05) is 30.3 Å². The first-order valence-corrected chi connectivity index (χ1v) is 9.28. The van der Waals surface area contributed by atoms with E-state index in [1.54, 1.807) is 0 Å². The summed E-state index contributed by atoms with van der Waals surface area (Å²) in [4.78, 5) is 23.3. The number of urea groups is 1. The fourth-order valence-electron chi connectivity index (χ4n) is 2.93. The molecule has 3 N–H and O–H groups in total. The molecule has 7 nitrogen and oxygen atoms in total. The zero-order chi connectivity index (χ0) is 19.8. The molecule has 0 bridgehead atoms. The Bertz CT molecular complexity index is 758. The summed E-state index contributed by atoms with van der Waals surface area (Å²) in [6.07, 6.45) is 1.88. The van der Waals surface area contributed by atoms with E-state index in [0.29, 0.717) is 18.7 Å². The first-order chi connectivity index (χ1) is 12.9. The minimum Gasteiger partial charge on any atom is -0.481 e. The highest BCUT2D eigenvalue weighted by Gasteiger charge is 2.16. The van der Waals surface area contributed by atoms with Crippen LogP contribution in [-0.4, -0.2) is 32.9 Å². The van der Waals surface area contributed by atoms with Gasteiger partial charge in [-0.3, -0.25) is 14.8 Å². The fraction of sp³-hybridized carbons (Fsp3) is 0.450. The van der Waals surface area contributed by atoms with E-state index in [1.165, 1.54) is 0 Å². The van der Waals surface area contributed by atoms with Crippen LogP contribution >= 0.6 is 0 Å². The van der Waals surface area contributed by atoms with Gasteiger partial charge in [0.1, 0.15) is 0 Å². The number of hydrogen-bond donors (Lipinski definition) is 3. The van der Waals surface area contributed by atoms with Crippen LogP contribution in [0.4, 0.5) is 10.6 Å². The molecule has 1 heterocycles. The Morgan fingerprint density at radius 2 is 1.96 bits per heavy atom. The van der Waals surface area contributed by atoms with Crippen molar-refractivity contribution >= 4 is 17.8 Å². The van der Waals surface area contributed by atoms with Gasteiger partial charge in [-0.15, -0.1) is 0 Å². The molecule has 1 aromatic carbocycles. The average Bonchev–Trinajstić information content (AvgIpc) is 2.99. The number of carboxylic acids is 1. The number of anilines is 1. The maximum Gasteiger partial charge on any atom is 0.320 e. The van der Waals surface area contributed by atoms with Gasteiger partial charge in [0.2, 0.25) is 0 Å². The molecule has 2 aromatic rings. The van der Waals surface area contributed by atoms with Crippen LogP contribution in [0.1, 0.15) is 50.4 Å². The molecule has 0 fully saturated rings. The third-order valence-corrected chi connectivity index (χ3v) is 4.54. The maximum atomic E-state index is 12.4. The number of hydrogen-bond acceptors (Lipinski definition) is 3. The van der Waals surface area contributed by atoms with Crippen molar-refractivity contribution in [1.82, 2.24) is 15.1 Å². The number of aryl methyl sites for hydroxylation is 1. The monoisotopic (exact) mass is 372 g/mol. The van der Waals surface area contributed by atoms with Gasteiger partial charge in [-0.2, -0.15) is 5.10 Å². The van der Waals surface area contributed by atoms with Gasteiger partial charge >= 0.3 is 12.0 Å². The minimum absolute atomic E-state index is 0.000466. The number of aromatic nitrogens is 2. The van der Waals surface area contributed by atoms with Crippen molar-refractivity contribution in [3.8, 4) is 0 Å². The van der Waals surface area contributed by atoms with E-state index in [0.717, 1.165) is 17.7 Å². The quantitative estimate of drug-likeness (QED) is 0.624. The molecule has 0 aliphatic carbocycles. The van der Waals surface area contributed by atoms with E-state index in [-0.39, 0.29) is 24.5 Å². The Balaban J connectivity index is 2.00. The predicted octanol–water partition coefficient (Wildman–Crippen LogP) is 3.76. The van der Waals surface area contributed by atoms with Crippen molar-refractivity contribution in [3.05, 3.63) is 47.7 Å². The van der Waals surface area contributed by atoms with Gasteiger partial charge in [0.05, 0.1) is 0 Å². The second-order valence-corrected chi connectivity index (χ2v) is 6.79. The first-order valence-electron chi connectivity index (χ1n) is 9.28. The maximum absolute atomic E-state index is 12.4. The molecule has 0 aliphatic rings. The largest absolute Gasteiger partial charge is 0.481 e. The predicted molar refractivity (Wildman–Crippen MR) is 105 cm³/mol. The zero-order valence-electron chi connectivity index (χ0n) is 16.1. The van der Waals surface area contributed by atoms with Crippen LogP contribution in [0.5, 0.6) is 0 Å². The Morgan fingerprint density at radius 3 is 2.59 bits per heavy atom. The van der Waals surface area contributed by atoms with E-state index in [9.17, 15) is 9.59 Å². The molecule has 0 saturated heterocycles. The molecule has 146 valence electrons. The van der Waals surface area contributed by atoms with Crippen molar-refractivity contribution in [3.63, 3.8) is 0 Å². The summed E-state index contributed by atoms with van der Waals surface area (Å²) in [7, 11) is 0. The van der Waals surface area contributed by atoms with Gasteiger partial charge in [0.15, 0.2) is 5.82 Å². The third-order valence-electron chi connectivity index (χ3n) is 4.54. The number of nitrogens with one attached hydrogen (secondary N) is 2. The van der Waals surface area contributed by atoms with E-state index >= 15 is 0 Å². The number of amides is 2. The second kappa shape index (κ2) is 9.75. The average molecular weight is 372 g/mol. The van der Waals surface area contributed by atoms with Crippen LogP contribution < -0.4 is 10.6 Å². The van der Waals surface area contributed by atoms with E-state index in [2.05, 4.69) is 29.6 Å². The van der Waals surface area contributed by atoms with Gasteiger partial charge < -0.3 is 10.4 Å². The topological polar surface area (TPSA) is 96.3 Å². The Hall–Kier alpha value is -2.83. The number of carboxylic acid groups (broad SMARTS) is 1. The molecular formula is C20H28N4O3. The summed E-state index contributed by atoms with van der Waals surface area (Å²) in [6, 6.07) is 11.1. The SMILES string of the molecule is CCC(C)n1nc(NC(=O)NC(CCC(=O)O)Cc2ccccc2)cc1C. The van der Waals surface area contributed by atoms with Crippen molar-refractivity contribution < 1.29 is 14.7 Å². The summed E-state index contributed by atoms with van der Waals surface area (Å²) >= 11 is 0. The van der Waals surface area contributed by atoms with Crippen LogP contribution in [0, 0.1) is 6.92 Å². The Labute approximate surface area is 159 Å². The molecule has 2 amide bonds. The number of aliphatic carboxylic acids is 1. The van der Waals surface area contributed by atoms with Gasteiger partial charge in [-0.25, -0.2) is 4.79 Å². The lowest BCUT2D eigenvalue weighted by atomic mass is 10.0. The molecule has 0 saturated carbocycles. The Morgan fingerprint density at radius 1 is 1.26 bits per heavy atom. The molecule has 0 spiro atoms. The normalized spacial score (nSPS) is 13.0. The van der Waals surface area contributed by atoms with Crippen molar-refractivity contribution in [2.45, 2.75) is 58.5 Å². The highest BCUT2D eigenvalue weighted by atomic mass is 16.4. The molecule has 0 aliphatic heterocycles. The van der Waals surface area contributed by atoms with E-state index in [1.807, 2.05) is 48.0 Å². The molecule has 2 unspecified atom stereocenters. The van der Waals surface area contributed by atoms with Crippen LogP contribution in [0.3, 0.4) is 0 Å². The third kappa shape index (κ3) is 6.44. The highest BCUT2D eigenvalue weighted by Crippen LogP contribution is 2.16. The lowest BCUT2D eigenvalue weighted by Crippen LogP contribution is -2.39. The fourth-order valence-corrected chi connectivity index (χ4v) is 2.93. The molecule has 1 aromatic heterocycles. The summed E-state index contributed by atoms with van der Waals surface area (Å²) in [5.41, 5.74) is 2.02. The summed E-state index contributed by atoms with van der Waals surface area (Å²) in [5, 5.41) is 19.0. The molecule has 7 heteroatoms. The summed E-state index contributed by atoms with van der Waals surface area (Å²) < 4.78 is 1.89. The molecule has 2 rings (SSSR count). The smallest absolute Gasteiger partial charge is 0.320 e. The number of benzene rings is 1. The molecular weight excluding hydrogens is 344 g/mol. The molecule has 27 heavy (non-hydrogen) atoms. The lowest BCUT2D eigenvalue weighted by Gasteiger charge is -2.18. The minimum atomic E-state index is -0.877. The number of carbonyl (C=O) groups is 2. The van der Waals surface area contributed by atoms with Gasteiger partial charge in [0.25, 0.3) is 0 Å². The van der Waals surface area contributed by atoms with Crippen molar-refractivity contribution in [2.24, 2.45) is 0 Å². The number of nitrogens with zero attached hydrogens (tertiary/aromatic N) is 2. The Kier molecular flexibility index (Phi) is 7.40. The van der Waals surface area contributed by atoms with Crippen molar-refractivity contribution in [2.75, 3.05) is 5.32 Å². The zero-order valence-corrected chi connectivity index (χ0v) is 16.1. The van der Waals surface area contributed by atoms with Gasteiger partial charge in [-0.05, 0) is 38.7 Å². The first kappa shape index (κ1) is 20.5. The van der Waals surface area contributed by atoms with Crippen LogP contribution in [-0.2, 0) is 11.2 Å². The second-order valence-electron chi connectivity index (χ2n) is 6.79. The van der Waals surface area contributed by atoms with Crippen LogP contribution in [0.2, 0.25) is 0 Å². The number of carbonyl (C=O) groups excluding carboxylic acids is 1. The van der Waals surface area contributed by atoms with Crippen LogP contribution in [0.25, 0.3) is 0 Å².